The van der Waals surface area contributed by atoms with Crippen LogP contribution in [0.2, 0.25) is 0 Å². The van der Waals surface area contributed by atoms with Crippen LogP contribution < -0.4 is 10.1 Å². The van der Waals surface area contributed by atoms with Crippen molar-refractivity contribution in [3.63, 3.8) is 0 Å². The molecule has 144 valence electrons. The number of pyridine rings is 1. The van der Waals surface area contributed by atoms with Crippen molar-refractivity contribution in [1.29, 1.82) is 0 Å². The van der Waals surface area contributed by atoms with Crippen LogP contribution in [0.15, 0.2) is 55.0 Å². The van der Waals surface area contributed by atoms with Crippen molar-refractivity contribution in [2.75, 3.05) is 26.7 Å². The van der Waals surface area contributed by atoms with E-state index in [-0.39, 0.29) is 11.9 Å². The molecular weight excluding hydrogens is 354 g/mol. The number of aromatic nitrogens is 3. The number of carbonyl (C=O) groups is 1. The van der Waals surface area contributed by atoms with Gasteiger partial charge in [-0.15, -0.1) is 0 Å². The molecule has 1 aliphatic heterocycles. The molecule has 1 unspecified atom stereocenters. The first-order valence-electron chi connectivity index (χ1n) is 9.29. The number of methoxy groups -OCH3 is 1. The molecule has 1 saturated heterocycles. The van der Waals surface area contributed by atoms with Gasteiger partial charge < -0.3 is 15.0 Å². The third kappa shape index (κ3) is 3.48. The smallest absolute Gasteiger partial charge is 0.274 e. The first kappa shape index (κ1) is 18.2. The Kier molecular flexibility index (Phi) is 5.08. The molecule has 1 aromatic carbocycles. The van der Waals surface area contributed by atoms with E-state index in [9.17, 15) is 4.79 Å². The minimum Gasteiger partial charge on any atom is -0.494 e. The molecule has 28 heavy (non-hydrogen) atoms. The second-order valence-corrected chi connectivity index (χ2v) is 6.83. The number of benzene rings is 1. The first-order chi connectivity index (χ1) is 13.7. The summed E-state index contributed by atoms with van der Waals surface area (Å²) in [6.07, 6.45) is 5.35. The van der Waals surface area contributed by atoms with E-state index in [0.29, 0.717) is 24.5 Å². The van der Waals surface area contributed by atoms with Crippen molar-refractivity contribution in [1.82, 2.24) is 25.0 Å². The van der Waals surface area contributed by atoms with E-state index in [4.69, 9.17) is 4.74 Å². The van der Waals surface area contributed by atoms with Gasteiger partial charge in [-0.2, -0.15) is 5.10 Å². The Balaban J connectivity index is 1.63. The summed E-state index contributed by atoms with van der Waals surface area (Å²) in [6.45, 7) is 4.09. The fourth-order valence-corrected chi connectivity index (χ4v) is 3.52. The van der Waals surface area contributed by atoms with Crippen molar-refractivity contribution in [3.8, 4) is 11.4 Å². The van der Waals surface area contributed by atoms with Gasteiger partial charge in [0, 0.05) is 38.2 Å². The summed E-state index contributed by atoms with van der Waals surface area (Å²) < 4.78 is 7.14. The Morgan fingerprint density at radius 2 is 2.18 bits per heavy atom. The maximum Gasteiger partial charge on any atom is 0.274 e. The maximum absolute atomic E-state index is 13.2. The minimum atomic E-state index is -0.0827. The summed E-state index contributed by atoms with van der Waals surface area (Å²) in [5.41, 5.74) is 3.34. The first-order valence-corrected chi connectivity index (χ1v) is 9.29. The van der Waals surface area contributed by atoms with Gasteiger partial charge in [0.1, 0.15) is 11.4 Å². The molecule has 1 atom stereocenters. The zero-order chi connectivity index (χ0) is 19.5. The Morgan fingerprint density at radius 1 is 1.29 bits per heavy atom. The lowest BCUT2D eigenvalue weighted by Gasteiger charge is -2.36. The number of hydrogen-bond acceptors (Lipinski definition) is 5. The fraction of sp³-hybridized carbons (Fsp3) is 0.286. The topological polar surface area (TPSA) is 72.3 Å². The molecule has 1 N–H and O–H groups in total. The van der Waals surface area contributed by atoms with E-state index < -0.39 is 0 Å². The predicted molar refractivity (Wildman–Crippen MR) is 106 cm³/mol. The highest BCUT2D eigenvalue weighted by atomic mass is 16.5. The Morgan fingerprint density at radius 3 is 2.96 bits per heavy atom. The summed E-state index contributed by atoms with van der Waals surface area (Å²) in [4.78, 5) is 19.3. The molecule has 2 aromatic heterocycles. The van der Waals surface area contributed by atoms with Gasteiger partial charge in [-0.3, -0.25) is 9.78 Å². The largest absolute Gasteiger partial charge is 0.494 e. The third-order valence-corrected chi connectivity index (χ3v) is 4.96. The molecule has 7 nitrogen and oxygen atoms in total. The monoisotopic (exact) mass is 377 g/mol. The van der Waals surface area contributed by atoms with E-state index in [1.807, 2.05) is 48.4 Å². The summed E-state index contributed by atoms with van der Waals surface area (Å²) >= 11 is 0. The SMILES string of the molecule is COc1ccc(C)cc1-n1ccc(C(=O)N2CCNCC2c2cccnc2)n1. The Labute approximate surface area is 164 Å². The van der Waals surface area contributed by atoms with Crippen LogP contribution in [0, 0.1) is 6.92 Å². The van der Waals surface area contributed by atoms with Crippen LogP contribution in [0.1, 0.15) is 27.7 Å². The molecule has 0 bridgehead atoms. The van der Waals surface area contributed by atoms with Gasteiger partial charge in [0.25, 0.3) is 5.91 Å². The quantitative estimate of drug-likeness (QED) is 0.756. The second kappa shape index (κ2) is 7.82. The number of aryl methyl sites for hydroxylation is 1. The lowest BCUT2D eigenvalue weighted by molar-refractivity contribution is 0.0627. The number of hydrogen-bond donors (Lipinski definition) is 1. The van der Waals surface area contributed by atoms with Crippen LogP contribution in [0.3, 0.4) is 0 Å². The van der Waals surface area contributed by atoms with Gasteiger partial charge >= 0.3 is 0 Å². The highest BCUT2D eigenvalue weighted by molar-refractivity contribution is 5.92. The molecule has 3 heterocycles. The van der Waals surface area contributed by atoms with Gasteiger partial charge in [0.15, 0.2) is 5.69 Å². The molecule has 3 aromatic rings. The molecule has 0 radical (unpaired) electrons. The normalized spacial score (nSPS) is 16.8. The van der Waals surface area contributed by atoms with Crippen molar-refractivity contribution in [2.24, 2.45) is 0 Å². The van der Waals surface area contributed by atoms with E-state index in [2.05, 4.69) is 15.4 Å². The molecule has 1 fully saturated rings. The zero-order valence-electron chi connectivity index (χ0n) is 16.0. The highest BCUT2D eigenvalue weighted by Crippen LogP contribution is 2.26. The van der Waals surface area contributed by atoms with Crippen molar-refractivity contribution in [2.45, 2.75) is 13.0 Å². The van der Waals surface area contributed by atoms with Crippen molar-refractivity contribution in [3.05, 3.63) is 71.8 Å². The fourth-order valence-electron chi connectivity index (χ4n) is 3.52. The number of nitrogens with zero attached hydrogens (tertiary/aromatic N) is 4. The average Bonchev–Trinajstić information content (AvgIpc) is 3.24. The van der Waals surface area contributed by atoms with Crippen LogP contribution in [0.4, 0.5) is 0 Å². The van der Waals surface area contributed by atoms with Crippen molar-refractivity contribution < 1.29 is 9.53 Å². The molecule has 1 amide bonds. The number of rotatable bonds is 4. The van der Waals surface area contributed by atoms with E-state index in [1.165, 1.54) is 0 Å². The Hall–Kier alpha value is -3.19. The second-order valence-electron chi connectivity index (χ2n) is 6.83. The van der Waals surface area contributed by atoms with Gasteiger partial charge in [-0.05, 0) is 42.3 Å². The summed E-state index contributed by atoms with van der Waals surface area (Å²) in [6, 6.07) is 11.5. The average molecular weight is 377 g/mol. The Bertz CT molecular complexity index is 970. The van der Waals surface area contributed by atoms with Crippen LogP contribution >= 0.6 is 0 Å². The van der Waals surface area contributed by atoms with Gasteiger partial charge in [0.05, 0.1) is 13.2 Å². The van der Waals surface area contributed by atoms with E-state index >= 15 is 0 Å². The van der Waals surface area contributed by atoms with E-state index in [1.54, 1.807) is 30.3 Å². The third-order valence-electron chi connectivity index (χ3n) is 4.96. The zero-order valence-corrected chi connectivity index (χ0v) is 16.0. The molecule has 0 spiro atoms. The van der Waals surface area contributed by atoms with Gasteiger partial charge in [0.2, 0.25) is 0 Å². The van der Waals surface area contributed by atoms with Gasteiger partial charge in [-0.25, -0.2) is 4.68 Å². The molecule has 7 heteroatoms. The molecule has 0 saturated carbocycles. The van der Waals surface area contributed by atoms with Crippen LogP contribution in [0.25, 0.3) is 5.69 Å². The lowest BCUT2D eigenvalue weighted by Crippen LogP contribution is -2.48. The summed E-state index contributed by atoms with van der Waals surface area (Å²) in [5.74, 6) is 0.629. The lowest BCUT2D eigenvalue weighted by atomic mass is 10.0. The number of amides is 1. The number of nitrogens with one attached hydrogen (secondary N) is 1. The molecule has 4 rings (SSSR count). The van der Waals surface area contributed by atoms with Crippen molar-refractivity contribution >= 4 is 5.91 Å². The standard InChI is InChI=1S/C21H23N5O2/c1-15-5-6-20(28-2)18(12-15)26-10-7-17(24-26)21(27)25-11-9-23-14-19(25)16-4-3-8-22-13-16/h3-8,10,12-13,19,23H,9,11,14H2,1-2H3. The molecule has 1 aliphatic rings. The summed E-state index contributed by atoms with van der Waals surface area (Å²) in [7, 11) is 1.63. The van der Waals surface area contributed by atoms with E-state index in [0.717, 1.165) is 23.4 Å². The number of carbonyl (C=O) groups excluding carboxylic acids is 1. The predicted octanol–water partition coefficient (Wildman–Crippen LogP) is 2.37. The maximum atomic E-state index is 13.2. The van der Waals surface area contributed by atoms with Crippen LogP contribution in [-0.4, -0.2) is 52.3 Å². The van der Waals surface area contributed by atoms with Crippen LogP contribution in [0.5, 0.6) is 5.75 Å². The number of piperazine rings is 1. The number of ether oxygens (including phenoxy) is 1. The van der Waals surface area contributed by atoms with Crippen LogP contribution in [-0.2, 0) is 0 Å². The molecule has 0 aliphatic carbocycles. The molecular formula is C21H23N5O2. The highest BCUT2D eigenvalue weighted by Gasteiger charge is 2.30. The minimum absolute atomic E-state index is 0.0615. The summed E-state index contributed by atoms with van der Waals surface area (Å²) in [5, 5.41) is 7.90. The van der Waals surface area contributed by atoms with Gasteiger partial charge in [-0.1, -0.05) is 12.1 Å².